The van der Waals surface area contributed by atoms with E-state index in [9.17, 15) is 0 Å². The minimum absolute atomic E-state index is 0.650. The maximum Gasteiger partial charge on any atom is 0.191 e. The van der Waals surface area contributed by atoms with Crippen LogP contribution < -0.4 is 10.2 Å². The number of benzene rings is 1. The summed E-state index contributed by atoms with van der Waals surface area (Å²) >= 11 is 1.68. The van der Waals surface area contributed by atoms with Gasteiger partial charge >= 0.3 is 0 Å². The Hall–Kier alpha value is -2.31. The second-order valence-corrected chi connectivity index (χ2v) is 9.23. The molecule has 1 unspecified atom stereocenters. The van der Waals surface area contributed by atoms with Crippen LogP contribution in [0.1, 0.15) is 39.2 Å². The van der Waals surface area contributed by atoms with Crippen LogP contribution in [-0.4, -0.2) is 36.3 Å². The van der Waals surface area contributed by atoms with Gasteiger partial charge in [0.25, 0.3) is 0 Å². The van der Waals surface area contributed by atoms with E-state index in [1.54, 1.807) is 11.8 Å². The fourth-order valence-corrected chi connectivity index (χ4v) is 4.88. The van der Waals surface area contributed by atoms with Crippen molar-refractivity contribution in [3.05, 3.63) is 64.9 Å². The third-order valence-electron chi connectivity index (χ3n) is 6.02. The lowest BCUT2D eigenvalue weighted by Gasteiger charge is -2.28. The maximum absolute atomic E-state index is 5.53. The van der Waals surface area contributed by atoms with Gasteiger partial charge in [-0.3, -0.25) is 0 Å². The highest BCUT2D eigenvalue weighted by atomic mass is 32.2. The van der Waals surface area contributed by atoms with Crippen molar-refractivity contribution in [2.75, 3.05) is 36.5 Å². The SMILES string of the molecule is CCC1CC(C)=C(Nc2cc(N3CCOCC3)nc(SCc3ccccc3)n2)C=C1C. The molecule has 2 aliphatic rings. The molecule has 1 saturated heterocycles. The van der Waals surface area contributed by atoms with Crippen LogP contribution in [0.2, 0.25) is 0 Å². The average Bonchev–Trinajstić information content (AvgIpc) is 2.81. The van der Waals surface area contributed by atoms with Crippen LogP contribution in [0.4, 0.5) is 11.6 Å². The Labute approximate surface area is 190 Å². The van der Waals surface area contributed by atoms with Crippen molar-refractivity contribution in [2.24, 2.45) is 5.92 Å². The highest BCUT2D eigenvalue weighted by molar-refractivity contribution is 7.98. The van der Waals surface area contributed by atoms with Gasteiger partial charge in [-0.05, 0) is 49.8 Å². The summed E-state index contributed by atoms with van der Waals surface area (Å²) in [6.45, 7) is 9.93. The first-order valence-electron chi connectivity index (χ1n) is 11.2. The molecule has 1 aromatic carbocycles. The summed E-state index contributed by atoms with van der Waals surface area (Å²) in [6.07, 6.45) is 4.58. The lowest BCUT2D eigenvalue weighted by atomic mass is 9.85. The van der Waals surface area contributed by atoms with E-state index in [2.05, 4.69) is 67.4 Å². The molecule has 1 aliphatic heterocycles. The molecule has 2 aromatic rings. The smallest absolute Gasteiger partial charge is 0.191 e. The van der Waals surface area contributed by atoms with E-state index in [0.29, 0.717) is 5.92 Å². The number of morpholine rings is 1. The Morgan fingerprint density at radius 3 is 2.65 bits per heavy atom. The molecule has 1 aliphatic carbocycles. The third kappa shape index (κ3) is 5.69. The number of hydrogen-bond acceptors (Lipinski definition) is 6. The summed E-state index contributed by atoms with van der Waals surface area (Å²) < 4.78 is 5.53. The number of aromatic nitrogens is 2. The van der Waals surface area contributed by atoms with Gasteiger partial charge < -0.3 is 15.0 Å². The first kappa shape index (κ1) is 21.9. The fraction of sp³-hybridized carbons (Fsp3) is 0.440. The van der Waals surface area contributed by atoms with Crippen molar-refractivity contribution in [3.63, 3.8) is 0 Å². The molecule has 0 bridgehead atoms. The van der Waals surface area contributed by atoms with Crippen LogP contribution in [0.5, 0.6) is 0 Å². The Morgan fingerprint density at radius 2 is 1.90 bits per heavy atom. The summed E-state index contributed by atoms with van der Waals surface area (Å²) in [5.41, 5.74) is 5.28. The van der Waals surface area contributed by atoms with Crippen molar-refractivity contribution in [1.82, 2.24) is 9.97 Å². The van der Waals surface area contributed by atoms with E-state index in [1.807, 2.05) is 6.07 Å². The van der Waals surface area contributed by atoms with E-state index in [-0.39, 0.29) is 0 Å². The van der Waals surface area contributed by atoms with Gasteiger partial charge in [0, 0.05) is 30.6 Å². The molecule has 2 heterocycles. The number of nitrogens with one attached hydrogen (secondary N) is 1. The highest BCUT2D eigenvalue weighted by Crippen LogP contribution is 2.32. The monoisotopic (exact) mass is 436 g/mol. The van der Waals surface area contributed by atoms with Gasteiger partial charge in [-0.1, -0.05) is 54.6 Å². The van der Waals surface area contributed by atoms with Crippen molar-refractivity contribution in [1.29, 1.82) is 0 Å². The van der Waals surface area contributed by atoms with Gasteiger partial charge in [-0.15, -0.1) is 0 Å². The predicted molar refractivity (Wildman–Crippen MR) is 130 cm³/mol. The molecule has 4 rings (SSSR count). The lowest BCUT2D eigenvalue weighted by molar-refractivity contribution is 0.122. The quantitative estimate of drug-likeness (QED) is 0.446. The Kier molecular flexibility index (Phi) is 7.30. The molecule has 0 radical (unpaired) electrons. The average molecular weight is 437 g/mol. The van der Waals surface area contributed by atoms with Gasteiger partial charge in [0.2, 0.25) is 0 Å². The summed E-state index contributed by atoms with van der Waals surface area (Å²) in [5.74, 6) is 3.33. The predicted octanol–water partition coefficient (Wildman–Crippen LogP) is 5.67. The van der Waals surface area contributed by atoms with Crippen molar-refractivity contribution < 1.29 is 4.74 Å². The van der Waals surface area contributed by atoms with Gasteiger partial charge in [-0.25, -0.2) is 9.97 Å². The van der Waals surface area contributed by atoms with E-state index in [4.69, 9.17) is 14.7 Å². The summed E-state index contributed by atoms with van der Waals surface area (Å²) in [7, 11) is 0. The first-order valence-corrected chi connectivity index (χ1v) is 12.1. The Bertz CT molecular complexity index is 951. The number of hydrogen-bond donors (Lipinski definition) is 1. The molecule has 0 spiro atoms. The largest absolute Gasteiger partial charge is 0.378 e. The minimum atomic E-state index is 0.650. The molecule has 1 atom stereocenters. The Morgan fingerprint density at radius 1 is 1.13 bits per heavy atom. The molecule has 0 amide bonds. The van der Waals surface area contributed by atoms with Crippen molar-refractivity contribution in [2.45, 2.75) is 44.5 Å². The number of rotatable bonds is 7. The topological polar surface area (TPSA) is 50.3 Å². The number of anilines is 2. The molecular formula is C25H32N4OS. The van der Waals surface area contributed by atoms with E-state index in [1.165, 1.54) is 28.8 Å². The fourth-order valence-electron chi connectivity index (χ4n) is 4.07. The van der Waals surface area contributed by atoms with Crippen LogP contribution in [0, 0.1) is 5.92 Å². The van der Waals surface area contributed by atoms with E-state index < -0.39 is 0 Å². The van der Waals surface area contributed by atoms with Crippen LogP contribution >= 0.6 is 11.8 Å². The van der Waals surface area contributed by atoms with Gasteiger partial charge in [-0.2, -0.15) is 0 Å². The summed E-state index contributed by atoms with van der Waals surface area (Å²) in [6, 6.07) is 12.6. The lowest BCUT2D eigenvalue weighted by Crippen LogP contribution is -2.36. The second kappa shape index (κ2) is 10.3. The standard InChI is InChI=1S/C25H32N4OS/c1-4-21-14-19(3)22(15-18(21)2)26-23-16-24(29-10-12-30-13-11-29)28-25(27-23)31-17-20-8-6-5-7-9-20/h5-9,15-16,21H,4,10-14,17H2,1-3H3,(H,26,27,28). The van der Waals surface area contributed by atoms with Crippen LogP contribution in [0.25, 0.3) is 0 Å². The number of allylic oxidation sites excluding steroid dienone is 3. The van der Waals surface area contributed by atoms with Crippen molar-refractivity contribution >= 4 is 23.4 Å². The highest BCUT2D eigenvalue weighted by Gasteiger charge is 2.19. The van der Waals surface area contributed by atoms with Crippen LogP contribution in [-0.2, 0) is 10.5 Å². The van der Waals surface area contributed by atoms with Gasteiger partial charge in [0.15, 0.2) is 5.16 Å². The van der Waals surface area contributed by atoms with E-state index >= 15 is 0 Å². The van der Waals surface area contributed by atoms with Crippen LogP contribution in [0.15, 0.2) is 64.5 Å². The van der Waals surface area contributed by atoms with Crippen molar-refractivity contribution in [3.8, 4) is 0 Å². The van der Waals surface area contributed by atoms with E-state index in [0.717, 1.165) is 55.3 Å². The zero-order chi connectivity index (χ0) is 21.6. The molecule has 0 saturated carbocycles. The molecule has 1 fully saturated rings. The molecule has 1 aromatic heterocycles. The Balaban J connectivity index is 1.58. The van der Waals surface area contributed by atoms with Crippen LogP contribution in [0.3, 0.4) is 0 Å². The maximum atomic E-state index is 5.53. The number of thioether (sulfide) groups is 1. The molecule has 31 heavy (non-hydrogen) atoms. The first-order chi connectivity index (χ1) is 15.1. The molecular weight excluding hydrogens is 404 g/mol. The summed E-state index contributed by atoms with van der Waals surface area (Å²) in [5, 5.41) is 4.41. The van der Waals surface area contributed by atoms with Gasteiger partial charge in [0.05, 0.1) is 13.2 Å². The zero-order valence-corrected chi connectivity index (χ0v) is 19.5. The molecule has 164 valence electrons. The molecule has 5 nitrogen and oxygen atoms in total. The normalized spacial score (nSPS) is 19.4. The summed E-state index contributed by atoms with van der Waals surface area (Å²) in [4.78, 5) is 12.0. The second-order valence-electron chi connectivity index (χ2n) is 8.28. The molecule has 1 N–H and O–H groups in total. The zero-order valence-electron chi connectivity index (χ0n) is 18.7. The molecule has 6 heteroatoms. The third-order valence-corrected chi connectivity index (χ3v) is 6.94. The number of ether oxygens (including phenoxy) is 1. The minimum Gasteiger partial charge on any atom is -0.378 e. The number of nitrogens with zero attached hydrogens (tertiary/aromatic N) is 3. The van der Waals surface area contributed by atoms with Gasteiger partial charge in [0.1, 0.15) is 11.6 Å².